The molecule has 0 N–H and O–H groups in total. The van der Waals surface area contributed by atoms with Crippen LogP contribution in [0.3, 0.4) is 0 Å². The molecule has 0 aliphatic heterocycles. The SMILES string of the molecule is COc1cc2c(c(OC)c1OC)-c1c(OC)cccc1C2=O. The number of carbonyl (C=O) groups excluding carboxylic acids is 1. The van der Waals surface area contributed by atoms with Gasteiger partial charge in [-0.25, -0.2) is 0 Å². The van der Waals surface area contributed by atoms with Crippen LogP contribution in [0.5, 0.6) is 23.0 Å². The molecule has 5 nitrogen and oxygen atoms in total. The van der Waals surface area contributed by atoms with E-state index in [0.29, 0.717) is 39.7 Å². The molecular weight excluding hydrogens is 284 g/mol. The zero-order valence-corrected chi connectivity index (χ0v) is 12.9. The van der Waals surface area contributed by atoms with Crippen LogP contribution in [0, 0.1) is 0 Å². The van der Waals surface area contributed by atoms with Crippen LogP contribution >= 0.6 is 0 Å². The average Bonchev–Trinajstić information content (AvgIpc) is 2.85. The highest BCUT2D eigenvalue weighted by atomic mass is 16.5. The topological polar surface area (TPSA) is 54.0 Å². The molecule has 5 heteroatoms. The van der Waals surface area contributed by atoms with Crippen LogP contribution in [-0.4, -0.2) is 34.2 Å². The zero-order chi connectivity index (χ0) is 15.9. The number of hydrogen-bond donors (Lipinski definition) is 0. The summed E-state index contributed by atoms with van der Waals surface area (Å²) in [4.78, 5) is 12.7. The van der Waals surface area contributed by atoms with Crippen LogP contribution in [0.1, 0.15) is 15.9 Å². The van der Waals surface area contributed by atoms with Gasteiger partial charge in [0.05, 0.1) is 28.4 Å². The summed E-state index contributed by atoms with van der Waals surface area (Å²) in [7, 11) is 6.17. The minimum Gasteiger partial charge on any atom is -0.496 e. The maximum atomic E-state index is 12.7. The molecule has 0 heterocycles. The van der Waals surface area contributed by atoms with E-state index in [0.717, 1.165) is 5.56 Å². The van der Waals surface area contributed by atoms with Crippen LogP contribution in [0.15, 0.2) is 24.3 Å². The first-order chi connectivity index (χ1) is 10.7. The fraction of sp³-hybridized carbons (Fsp3) is 0.235. The number of rotatable bonds is 4. The molecule has 0 atom stereocenters. The van der Waals surface area contributed by atoms with Crippen molar-refractivity contribution < 1.29 is 23.7 Å². The van der Waals surface area contributed by atoms with Gasteiger partial charge in [0.1, 0.15) is 5.75 Å². The van der Waals surface area contributed by atoms with Gasteiger partial charge in [-0.05, 0) is 12.1 Å². The molecule has 1 aliphatic rings. The summed E-state index contributed by atoms with van der Waals surface area (Å²) in [5, 5.41) is 0. The summed E-state index contributed by atoms with van der Waals surface area (Å²) in [6, 6.07) is 7.07. The molecule has 0 unspecified atom stereocenters. The van der Waals surface area contributed by atoms with Gasteiger partial charge in [-0.1, -0.05) is 12.1 Å². The van der Waals surface area contributed by atoms with Crippen molar-refractivity contribution in [3.8, 4) is 34.1 Å². The molecule has 0 saturated carbocycles. The van der Waals surface area contributed by atoms with Gasteiger partial charge in [-0.3, -0.25) is 4.79 Å². The zero-order valence-electron chi connectivity index (χ0n) is 12.9. The predicted molar refractivity (Wildman–Crippen MR) is 81.5 cm³/mol. The Hall–Kier alpha value is -2.69. The van der Waals surface area contributed by atoms with E-state index in [9.17, 15) is 4.79 Å². The van der Waals surface area contributed by atoms with Gasteiger partial charge in [-0.2, -0.15) is 0 Å². The van der Waals surface area contributed by atoms with E-state index in [-0.39, 0.29) is 5.78 Å². The summed E-state index contributed by atoms with van der Waals surface area (Å²) in [6.07, 6.45) is 0. The van der Waals surface area contributed by atoms with Gasteiger partial charge in [0.2, 0.25) is 5.75 Å². The van der Waals surface area contributed by atoms with Crippen LogP contribution in [0.4, 0.5) is 0 Å². The molecule has 0 saturated heterocycles. The van der Waals surface area contributed by atoms with Gasteiger partial charge >= 0.3 is 0 Å². The second kappa shape index (κ2) is 5.26. The third kappa shape index (κ3) is 1.75. The number of ether oxygens (including phenoxy) is 4. The Bertz CT molecular complexity index is 764. The number of ketones is 1. The predicted octanol–water partition coefficient (Wildman–Crippen LogP) is 2.93. The number of fused-ring (bicyclic) bond motifs is 3. The molecule has 3 rings (SSSR count). The second-order valence-electron chi connectivity index (χ2n) is 4.78. The minimum absolute atomic E-state index is 0.0804. The molecule has 2 aromatic carbocycles. The van der Waals surface area contributed by atoms with Crippen LogP contribution in [0.2, 0.25) is 0 Å². The first-order valence-electron chi connectivity index (χ1n) is 6.72. The lowest BCUT2D eigenvalue weighted by Crippen LogP contribution is -2.00. The first kappa shape index (κ1) is 14.3. The fourth-order valence-electron chi connectivity index (χ4n) is 2.88. The number of methoxy groups -OCH3 is 4. The highest BCUT2D eigenvalue weighted by Crippen LogP contribution is 2.53. The molecule has 1 aliphatic carbocycles. The summed E-state index contributed by atoms with van der Waals surface area (Å²) >= 11 is 0. The highest BCUT2D eigenvalue weighted by Gasteiger charge is 2.35. The van der Waals surface area contributed by atoms with Crippen molar-refractivity contribution in [3.05, 3.63) is 35.4 Å². The lowest BCUT2D eigenvalue weighted by Gasteiger charge is -2.16. The Labute approximate surface area is 128 Å². The van der Waals surface area contributed by atoms with E-state index >= 15 is 0 Å². The van der Waals surface area contributed by atoms with Gasteiger partial charge in [0, 0.05) is 22.3 Å². The maximum Gasteiger partial charge on any atom is 0.203 e. The molecular formula is C17H16O5. The number of hydrogen-bond acceptors (Lipinski definition) is 5. The molecule has 0 aromatic heterocycles. The summed E-state index contributed by atoms with van der Waals surface area (Å²) in [5.41, 5.74) is 2.51. The Morgan fingerprint density at radius 1 is 0.727 bits per heavy atom. The van der Waals surface area contributed by atoms with Crippen LogP contribution in [0.25, 0.3) is 11.1 Å². The van der Waals surface area contributed by atoms with Crippen molar-refractivity contribution in [1.29, 1.82) is 0 Å². The summed E-state index contributed by atoms with van der Waals surface area (Å²) in [6.45, 7) is 0. The quantitative estimate of drug-likeness (QED) is 0.741. The molecule has 114 valence electrons. The van der Waals surface area contributed by atoms with E-state index in [1.54, 1.807) is 25.3 Å². The summed E-state index contributed by atoms with van der Waals surface area (Å²) < 4.78 is 21.6. The van der Waals surface area contributed by atoms with E-state index in [1.165, 1.54) is 21.3 Å². The van der Waals surface area contributed by atoms with E-state index in [2.05, 4.69) is 0 Å². The van der Waals surface area contributed by atoms with Gasteiger partial charge < -0.3 is 18.9 Å². The maximum absolute atomic E-state index is 12.7. The van der Waals surface area contributed by atoms with E-state index in [4.69, 9.17) is 18.9 Å². The van der Waals surface area contributed by atoms with E-state index in [1.807, 2.05) is 6.07 Å². The van der Waals surface area contributed by atoms with Crippen molar-refractivity contribution >= 4 is 5.78 Å². The Morgan fingerprint density at radius 2 is 1.41 bits per heavy atom. The second-order valence-corrected chi connectivity index (χ2v) is 4.78. The molecule has 0 radical (unpaired) electrons. The van der Waals surface area contributed by atoms with Gasteiger partial charge in [0.25, 0.3) is 0 Å². The van der Waals surface area contributed by atoms with E-state index < -0.39 is 0 Å². The number of carbonyl (C=O) groups is 1. The van der Waals surface area contributed by atoms with Crippen LogP contribution < -0.4 is 18.9 Å². The van der Waals surface area contributed by atoms with Crippen molar-refractivity contribution in [1.82, 2.24) is 0 Å². The van der Waals surface area contributed by atoms with Crippen LogP contribution in [-0.2, 0) is 0 Å². The molecule has 0 spiro atoms. The molecule has 0 bridgehead atoms. The third-order valence-electron chi connectivity index (χ3n) is 3.82. The highest BCUT2D eigenvalue weighted by molar-refractivity contribution is 6.24. The van der Waals surface area contributed by atoms with Crippen molar-refractivity contribution in [2.45, 2.75) is 0 Å². The monoisotopic (exact) mass is 300 g/mol. The Kier molecular flexibility index (Phi) is 3.41. The minimum atomic E-state index is -0.0804. The molecule has 0 fully saturated rings. The lowest BCUT2D eigenvalue weighted by molar-refractivity contribution is 0.104. The third-order valence-corrected chi connectivity index (χ3v) is 3.82. The molecule has 22 heavy (non-hydrogen) atoms. The average molecular weight is 300 g/mol. The first-order valence-corrected chi connectivity index (χ1v) is 6.72. The standard InChI is InChI=1S/C17H16O5/c1-19-11-7-5-6-9-13(11)14-10(15(9)18)8-12(20-2)16(21-3)17(14)22-4/h5-8H,1-4H3. The van der Waals surface area contributed by atoms with Gasteiger partial charge in [-0.15, -0.1) is 0 Å². The smallest absolute Gasteiger partial charge is 0.203 e. The van der Waals surface area contributed by atoms with Crippen molar-refractivity contribution in [3.63, 3.8) is 0 Å². The molecule has 0 amide bonds. The van der Waals surface area contributed by atoms with Gasteiger partial charge in [0.15, 0.2) is 17.3 Å². The normalized spacial score (nSPS) is 11.7. The van der Waals surface area contributed by atoms with Crippen molar-refractivity contribution in [2.75, 3.05) is 28.4 Å². The Balaban J connectivity index is 2.43. The largest absolute Gasteiger partial charge is 0.496 e. The molecule has 2 aromatic rings. The number of benzene rings is 2. The van der Waals surface area contributed by atoms with Crippen molar-refractivity contribution in [2.24, 2.45) is 0 Å². The summed E-state index contributed by atoms with van der Waals surface area (Å²) in [5.74, 6) is 1.92. The Morgan fingerprint density at radius 3 is 2.00 bits per heavy atom. The fourth-order valence-corrected chi connectivity index (χ4v) is 2.88. The lowest BCUT2D eigenvalue weighted by atomic mass is 10.0.